The smallest absolute Gasteiger partial charge is 0.257 e. The number of methoxy groups -OCH3 is 1. The van der Waals surface area contributed by atoms with Gasteiger partial charge in [-0.25, -0.2) is 10.2 Å². The van der Waals surface area contributed by atoms with Gasteiger partial charge in [-0.05, 0) is 42.3 Å². The van der Waals surface area contributed by atoms with Gasteiger partial charge in [-0.1, -0.05) is 25.5 Å². The van der Waals surface area contributed by atoms with E-state index in [2.05, 4.69) is 12.0 Å². The minimum absolute atomic E-state index is 0.0964. The molecular weight excluding hydrogens is 373 g/mol. The van der Waals surface area contributed by atoms with Crippen LogP contribution in [0.25, 0.3) is 0 Å². The van der Waals surface area contributed by atoms with Gasteiger partial charge >= 0.3 is 0 Å². The van der Waals surface area contributed by atoms with Crippen molar-refractivity contribution in [2.75, 3.05) is 25.7 Å². The van der Waals surface area contributed by atoms with E-state index in [1.54, 1.807) is 42.3 Å². The summed E-state index contributed by atoms with van der Waals surface area (Å²) in [6.07, 6.45) is 3.07. The first kappa shape index (κ1) is 22.2. The molecule has 0 aromatic heterocycles. The lowest BCUT2D eigenvalue weighted by Gasteiger charge is -2.25. The molecule has 7 nitrogen and oxygen atoms in total. The Balaban J connectivity index is 2.27. The van der Waals surface area contributed by atoms with E-state index >= 15 is 0 Å². The molecule has 1 amide bonds. The molecule has 2 rings (SSSR count). The minimum Gasteiger partial charge on any atom is -0.496 e. The number of anilines is 1. The van der Waals surface area contributed by atoms with E-state index in [-0.39, 0.29) is 17.6 Å². The molecule has 0 saturated heterocycles. The normalized spacial score (nSPS) is 12.0. The van der Waals surface area contributed by atoms with Crippen molar-refractivity contribution in [1.82, 2.24) is 4.90 Å². The van der Waals surface area contributed by atoms with Crippen LogP contribution in [0.4, 0.5) is 10.1 Å². The fourth-order valence-corrected chi connectivity index (χ4v) is 3.23. The molecule has 0 radical (unpaired) electrons. The quantitative estimate of drug-likeness (QED) is 0.291. The number of halogens is 1. The van der Waals surface area contributed by atoms with Gasteiger partial charge in [0.05, 0.1) is 18.4 Å². The number of hydrazine groups is 1. The van der Waals surface area contributed by atoms with E-state index in [4.69, 9.17) is 16.4 Å². The second-order valence-corrected chi connectivity index (χ2v) is 6.78. The number of carbonyl (C=O) groups excluding carboxylic acids is 1. The number of likely N-dealkylation sites (N-methyl/N-ethyl adjacent to an activating group) is 1. The highest BCUT2D eigenvalue weighted by Gasteiger charge is 2.22. The SMILES string of the molecule is CCCC(CN(C)C(=O)c1cc(N(N)/C=N\N)ccc1OC)c1ccc(F)cc1. The third-order valence-corrected chi connectivity index (χ3v) is 4.72. The van der Waals surface area contributed by atoms with Crippen molar-refractivity contribution in [2.24, 2.45) is 16.8 Å². The maximum atomic E-state index is 13.3. The fourth-order valence-electron chi connectivity index (χ4n) is 3.23. The monoisotopic (exact) mass is 401 g/mol. The van der Waals surface area contributed by atoms with Gasteiger partial charge < -0.3 is 15.5 Å². The van der Waals surface area contributed by atoms with Gasteiger partial charge in [0, 0.05) is 19.5 Å². The molecule has 156 valence electrons. The molecule has 4 N–H and O–H groups in total. The van der Waals surface area contributed by atoms with Crippen LogP contribution in [0, 0.1) is 5.82 Å². The summed E-state index contributed by atoms with van der Waals surface area (Å²) in [7, 11) is 3.24. The van der Waals surface area contributed by atoms with Crippen molar-refractivity contribution in [2.45, 2.75) is 25.7 Å². The molecule has 0 fully saturated rings. The molecule has 2 aromatic carbocycles. The van der Waals surface area contributed by atoms with Gasteiger partial charge in [0.25, 0.3) is 5.91 Å². The number of amides is 1. The highest BCUT2D eigenvalue weighted by Crippen LogP contribution is 2.27. The van der Waals surface area contributed by atoms with Crippen molar-refractivity contribution >= 4 is 17.9 Å². The number of nitrogens with two attached hydrogens (primary N) is 2. The van der Waals surface area contributed by atoms with Crippen LogP contribution in [-0.2, 0) is 0 Å². The van der Waals surface area contributed by atoms with Gasteiger partial charge in [0.1, 0.15) is 17.9 Å². The number of ether oxygens (including phenoxy) is 1. The molecule has 8 heteroatoms. The molecule has 0 aliphatic carbocycles. The number of carbonyl (C=O) groups is 1. The first-order chi connectivity index (χ1) is 13.9. The summed E-state index contributed by atoms with van der Waals surface area (Å²) in [6, 6.07) is 11.4. The lowest BCUT2D eigenvalue weighted by Crippen LogP contribution is -2.32. The Kier molecular flexibility index (Phi) is 7.97. The van der Waals surface area contributed by atoms with Crippen LogP contribution < -0.4 is 21.4 Å². The van der Waals surface area contributed by atoms with Crippen LogP contribution in [-0.4, -0.2) is 37.8 Å². The van der Waals surface area contributed by atoms with Crippen LogP contribution in [0.15, 0.2) is 47.6 Å². The summed E-state index contributed by atoms with van der Waals surface area (Å²) in [5, 5.41) is 4.60. The van der Waals surface area contributed by atoms with Crippen LogP contribution in [0.2, 0.25) is 0 Å². The van der Waals surface area contributed by atoms with Crippen LogP contribution in [0.3, 0.4) is 0 Å². The topological polar surface area (TPSA) is 97.2 Å². The van der Waals surface area contributed by atoms with E-state index in [1.165, 1.54) is 30.6 Å². The second kappa shape index (κ2) is 10.4. The number of nitrogens with zero attached hydrogens (tertiary/aromatic N) is 3. The van der Waals surface area contributed by atoms with E-state index in [9.17, 15) is 9.18 Å². The Morgan fingerprint density at radius 3 is 2.55 bits per heavy atom. The summed E-state index contributed by atoms with van der Waals surface area (Å²) in [6.45, 7) is 2.57. The lowest BCUT2D eigenvalue weighted by atomic mass is 9.93. The Bertz CT molecular complexity index is 841. The molecule has 1 atom stereocenters. The van der Waals surface area contributed by atoms with Crippen molar-refractivity contribution < 1.29 is 13.9 Å². The summed E-state index contributed by atoms with van der Waals surface area (Å²) in [5.41, 5.74) is 1.92. The Morgan fingerprint density at radius 2 is 1.97 bits per heavy atom. The van der Waals surface area contributed by atoms with Gasteiger partial charge in [-0.2, -0.15) is 5.10 Å². The van der Waals surface area contributed by atoms with Gasteiger partial charge in [0.2, 0.25) is 0 Å². The summed E-state index contributed by atoms with van der Waals surface area (Å²) >= 11 is 0. The van der Waals surface area contributed by atoms with Crippen LogP contribution in [0.1, 0.15) is 41.6 Å². The predicted molar refractivity (Wildman–Crippen MR) is 113 cm³/mol. The van der Waals surface area contributed by atoms with Crippen molar-refractivity contribution in [3.63, 3.8) is 0 Å². The standard InChI is InChI=1S/C21H28FN5O2/c1-4-5-16(15-6-8-17(22)9-7-15)13-26(2)21(28)19-12-18(27(24)14-25-23)10-11-20(19)29-3/h6-12,14,16H,4-5,13,23-24H2,1-3H3/b25-14-. The van der Waals surface area contributed by atoms with Crippen molar-refractivity contribution in [3.05, 3.63) is 59.4 Å². The van der Waals surface area contributed by atoms with E-state index in [0.29, 0.717) is 23.5 Å². The van der Waals surface area contributed by atoms with E-state index < -0.39 is 0 Å². The lowest BCUT2D eigenvalue weighted by molar-refractivity contribution is 0.0781. The third kappa shape index (κ3) is 5.68. The average molecular weight is 401 g/mol. The fraction of sp³-hybridized carbons (Fsp3) is 0.333. The number of benzene rings is 2. The molecule has 2 aromatic rings. The predicted octanol–water partition coefficient (Wildman–Crippen LogP) is 3.07. The number of hydrogen-bond donors (Lipinski definition) is 2. The Hall–Kier alpha value is -3.13. The number of hydrogen-bond acceptors (Lipinski definition) is 5. The minimum atomic E-state index is -0.276. The Labute approximate surface area is 170 Å². The Morgan fingerprint density at radius 1 is 1.28 bits per heavy atom. The molecule has 0 bridgehead atoms. The molecular formula is C21H28FN5O2. The van der Waals surface area contributed by atoms with Crippen molar-refractivity contribution in [3.8, 4) is 5.75 Å². The largest absolute Gasteiger partial charge is 0.496 e. The number of rotatable bonds is 9. The summed E-state index contributed by atoms with van der Waals surface area (Å²) in [5.74, 6) is 11.1. The van der Waals surface area contributed by atoms with Crippen LogP contribution >= 0.6 is 0 Å². The molecule has 0 spiro atoms. The highest BCUT2D eigenvalue weighted by atomic mass is 19.1. The van der Waals surface area contributed by atoms with Crippen LogP contribution in [0.5, 0.6) is 5.75 Å². The molecule has 1 unspecified atom stereocenters. The van der Waals surface area contributed by atoms with Gasteiger partial charge in [0.15, 0.2) is 0 Å². The zero-order valence-corrected chi connectivity index (χ0v) is 17.0. The molecule has 0 aliphatic heterocycles. The average Bonchev–Trinajstić information content (AvgIpc) is 2.73. The van der Waals surface area contributed by atoms with E-state index in [0.717, 1.165) is 18.4 Å². The maximum absolute atomic E-state index is 13.3. The van der Waals surface area contributed by atoms with Gasteiger partial charge in [-0.3, -0.25) is 9.80 Å². The molecule has 0 aliphatic rings. The molecule has 29 heavy (non-hydrogen) atoms. The van der Waals surface area contributed by atoms with E-state index in [1.807, 2.05) is 0 Å². The first-order valence-electron chi connectivity index (χ1n) is 9.37. The molecule has 0 saturated carbocycles. The number of hydrazone groups is 1. The zero-order chi connectivity index (χ0) is 21.4. The van der Waals surface area contributed by atoms with Gasteiger partial charge in [-0.15, -0.1) is 0 Å². The zero-order valence-electron chi connectivity index (χ0n) is 17.0. The summed E-state index contributed by atoms with van der Waals surface area (Å²) in [4.78, 5) is 14.8. The molecule has 0 heterocycles. The van der Waals surface area contributed by atoms with Crippen molar-refractivity contribution in [1.29, 1.82) is 0 Å². The highest BCUT2D eigenvalue weighted by molar-refractivity contribution is 5.98. The third-order valence-electron chi connectivity index (χ3n) is 4.72. The first-order valence-corrected chi connectivity index (χ1v) is 9.37. The summed E-state index contributed by atoms with van der Waals surface area (Å²) < 4.78 is 18.6. The maximum Gasteiger partial charge on any atom is 0.257 e. The second-order valence-electron chi connectivity index (χ2n) is 6.78.